The minimum atomic E-state index is -0.117. The summed E-state index contributed by atoms with van der Waals surface area (Å²) in [6.45, 7) is 6.44. The average Bonchev–Trinajstić information content (AvgIpc) is 2.75. The topological polar surface area (TPSA) is 66.2 Å². The summed E-state index contributed by atoms with van der Waals surface area (Å²) in [5.41, 5.74) is 1.53. The van der Waals surface area contributed by atoms with Crippen molar-refractivity contribution in [3.8, 4) is 22.6 Å². The second-order valence-electron chi connectivity index (χ2n) is 7.88. The first-order valence-corrected chi connectivity index (χ1v) is 10.5. The van der Waals surface area contributed by atoms with Crippen molar-refractivity contribution in [2.24, 2.45) is 0 Å². The van der Waals surface area contributed by atoms with E-state index in [-0.39, 0.29) is 11.2 Å². The lowest BCUT2D eigenvalue weighted by Crippen LogP contribution is -2.44. The number of unbranched alkanes of at least 4 members (excludes halogenated alkanes) is 1. The maximum absolute atomic E-state index is 12.7. The molecule has 30 heavy (non-hydrogen) atoms. The molecule has 0 atom stereocenters. The van der Waals surface area contributed by atoms with Gasteiger partial charge in [-0.25, -0.2) is 0 Å². The third kappa shape index (κ3) is 4.83. The van der Waals surface area contributed by atoms with E-state index in [2.05, 4.69) is 16.8 Å². The molecule has 0 saturated carbocycles. The second-order valence-corrected chi connectivity index (χ2v) is 7.88. The van der Waals surface area contributed by atoms with Gasteiger partial charge in [0.1, 0.15) is 23.3 Å². The van der Waals surface area contributed by atoms with Gasteiger partial charge >= 0.3 is 0 Å². The summed E-state index contributed by atoms with van der Waals surface area (Å²) in [5.74, 6) is 0.872. The van der Waals surface area contributed by atoms with Gasteiger partial charge in [-0.05, 0) is 56.3 Å². The van der Waals surface area contributed by atoms with Gasteiger partial charge < -0.3 is 24.1 Å². The number of hydrogen-bond donors (Lipinski definition) is 1. The molecule has 0 amide bonds. The molecule has 4 rings (SSSR count). The molecule has 158 valence electrons. The van der Waals surface area contributed by atoms with Crippen LogP contribution in [0, 0.1) is 0 Å². The predicted molar refractivity (Wildman–Crippen MR) is 118 cm³/mol. The third-order valence-electron chi connectivity index (χ3n) is 5.66. The van der Waals surface area contributed by atoms with Gasteiger partial charge in [-0.1, -0.05) is 12.1 Å². The van der Waals surface area contributed by atoms with Crippen LogP contribution in [0.3, 0.4) is 0 Å². The van der Waals surface area contributed by atoms with Crippen molar-refractivity contribution in [3.05, 3.63) is 59.0 Å². The summed E-state index contributed by atoms with van der Waals surface area (Å²) in [7, 11) is 2.18. The number of phenolic OH excluding ortho intramolecular Hbond substituents is 1. The van der Waals surface area contributed by atoms with Gasteiger partial charge in [0.15, 0.2) is 5.43 Å². The maximum Gasteiger partial charge on any atom is 0.200 e. The van der Waals surface area contributed by atoms with E-state index in [1.54, 1.807) is 6.07 Å². The molecule has 1 N–H and O–H groups in total. The van der Waals surface area contributed by atoms with Gasteiger partial charge in [-0.15, -0.1) is 0 Å². The smallest absolute Gasteiger partial charge is 0.200 e. The largest absolute Gasteiger partial charge is 0.508 e. The fraction of sp³-hybridized carbons (Fsp3) is 0.375. The van der Waals surface area contributed by atoms with Crippen molar-refractivity contribution in [2.45, 2.75) is 12.8 Å². The Kier molecular flexibility index (Phi) is 6.35. The molecule has 0 radical (unpaired) electrons. The number of aromatic hydroxyl groups is 1. The van der Waals surface area contributed by atoms with E-state index in [4.69, 9.17) is 9.15 Å². The van der Waals surface area contributed by atoms with Gasteiger partial charge in [0.2, 0.25) is 0 Å². The summed E-state index contributed by atoms with van der Waals surface area (Å²) >= 11 is 0. The molecule has 0 spiro atoms. The Hall–Kier alpha value is -2.83. The highest BCUT2D eigenvalue weighted by Crippen LogP contribution is 2.24. The van der Waals surface area contributed by atoms with Crippen LogP contribution >= 0.6 is 0 Å². The van der Waals surface area contributed by atoms with Gasteiger partial charge in [0.05, 0.1) is 17.6 Å². The van der Waals surface area contributed by atoms with Gasteiger partial charge in [0, 0.05) is 32.2 Å². The number of nitrogens with zero attached hydrogens (tertiary/aromatic N) is 2. The first kappa shape index (κ1) is 20.4. The van der Waals surface area contributed by atoms with Crippen molar-refractivity contribution < 1.29 is 14.3 Å². The van der Waals surface area contributed by atoms with E-state index in [0.717, 1.165) is 56.9 Å². The van der Waals surface area contributed by atoms with E-state index in [0.29, 0.717) is 23.1 Å². The number of rotatable bonds is 7. The number of piperazine rings is 1. The van der Waals surface area contributed by atoms with Crippen molar-refractivity contribution in [1.82, 2.24) is 9.80 Å². The molecule has 0 bridgehead atoms. The lowest BCUT2D eigenvalue weighted by atomic mass is 10.1. The molecule has 2 heterocycles. The number of phenols is 1. The maximum atomic E-state index is 12.7. The lowest BCUT2D eigenvalue weighted by Gasteiger charge is -2.32. The third-order valence-corrected chi connectivity index (χ3v) is 5.66. The van der Waals surface area contributed by atoms with Crippen molar-refractivity contribution in [3.63, 3.8) is 0 Å². The van der Waals surface area contributed by atoms with E-state index < -0.39 is 0 Å². The first-order chi connectivity index (χ1) is 14.6. The quantitative estimate of drug-likeness (QED) is 0.603. The first-order valence-electron chi connectivity index (χ1n) is 10.5. The number of ether oxygens (including phenoxy) is 1. The molecule has 1 saturated heterocycles. The lowest BCUT2D eigenvalue weighted by molar-refractivity contribution is 0.150. The molecule has 1 aliphatic heterocycles. The van der Waals surface area contributed by atoms with Crippen LogP contribution < -0.4 is 10.2 Å². The molecule has 6 heteroatoms. The summed E-state index contributed by atoms with van der Waals surface area (Å²) in [4.78, 5) is 17.6. The van der Waals surface area contributed by atoms with Crippen LogP contribution in [0.2, 0.25) is 0 Å². The van der Waals surface area contributed by atoms with E-state index in [1.807, 2.05) is 24.3 Å². The second kappa shape index (κ2) is 9.32. The minimum Gasteiger partial charge on any atom is -0.508 e. The van der Waals surface area contributed by atoms with Crippen LogP contribution in [-0.2, 0) is 0 Å². The van der Waals surface area contributed by atoms with Crippen LogP contribution in [0.1, 0.15) is 12.8 Å². The summed E-state index contributed by atoms with van der Waals surface area (Å²) in [6.07, 6.45) is 3.60. The minimum absolute atomic E-state index is 0.0726. The Morgan fingerprint density at radius 2 is 1.80 bits per heavy atom. The number of likely N-dealkylation sites (N-methyl/N-ethyl adjacent to an activating group) is 1. The molecule has 2 aromatic carbocycles. The highest BCUT2D eigenvalue weighted by molar-refractivity contribution is 5.82. The molecular formula is C24H28N2O4. The highest BCUT2D eigenvalue weighted by Gasteiger charge is 2.13. The SMILES string of the molecule is CN1CCN(CCCCOc2ccc(-c3coc4cc(O)ccc4c3=O)cc2)CC1. The fourth-order valence-electron chi connectivity index (χ4n) is 3.75. The van der Waals surface area contributed by atoms with Crippen molar-refractivity contribution in [1.29, 1.82) is 0 Å². The van der Waals surface area contributed by atoms with E-state index in [9.17, 15) is 9.90 Å². The normalized spacial score (nSPS) is 15.5. The molecule has 0 aliphatic carbocycles. The van der Waals surface area contributed by atoms with Crippen molar-refractivity contribution >= 4 is 11.0 Å². The molecular weight excluding hydrogens is 380 g/mol. The predicted octanol–water partition coefficient (Wildman–Crippen LogP) is 3.57. The average molecular weight is 408 g/mol. The Morgan fingerprint density at radius 3 is 2.57 bits per heavy atom. The highest BCUT2D eigenvalue weighted by atomic mass is 16.5. The Bertz CT molecular complexity index is 1040. The van der Waals surface area contributed by atoms with Crippen molar-refractivity contribution in [2.75, 3.05) is 46.4 Å². The van der Waals surface area contributed by atoms with Crippen LogP contribution in [0.4, 0.5) is 0 Å². The Balaban J connectivity index is 1.30. The number of benzene rings is 2. The van der Waals surface area contributed by atoms with E-state index in [1.165, 1.54) is 18.4 Å². The molecule has 0 unspecified atom stereocenters. The van der Waals surface area contributed by atoms with Gasteiger partial charge in [-0.2, -0.15) is 0 Å². The number of fused-ring (bicyclic) bond motifs is 1. The molecule has 3 aromatic rings. The summed E-state index contributed by atoms with van der Waals surface area (Å²) in [5, 5.41) is 9.99. The fourth-order valence-corrected chi connectivity index (χ4v) is 3.75. The zero-order valence-electron chi connectivity index (χ0n) is 17.3. The van der Waals surface area contributed by atoms with Crippen LogP contribution in [-0.4, -0.2) is 61.3 Å². The van der Waals surface area contributed by atoms with Crippen LogP contribution in [0.25, 0.3) is 22.1 Å². The van der Waals surface area contributed by atoms with Crippen LogP contribution in [0.15, 0.2) is 57.9 Å². The molecule has 1 aromatic heterocycles. The summed E-state index contributed by atoms with van der Waals surface area (Å²) in [6, 6.07) is 12.0. The molecule has 6 nitrogen and oxygen atoms in total. The van der Waals surface area contributed by atoms with Crippen LogP contribution in [0.5, 0.6) is 11.5 Å². The summed E-state index contributed by atoms with van der Waals surface area (Å²) < 4.78 is 11.4. The molecule has 1 aliphatic rings. The zero-order valence-corrected chi connectivity index (χ0v) is 17.3. The molecule has 1 fully saturated rings. The zero-order chi connectivity index (χ0) is 20.9. The van der Waals surface area contributed by atoms with Gasteiger partial charge in [-0.3, -0.25) is 4.79 Å². The number of hydrogen-bond acceptors (Lipinski definition) is 6. The van der Waals surface area contributed by atoms with Gasteiger partial charge in [0.25, 0.3) is 0 Å². The monoisotopic (exact) mass is 408 g/mol. The Labute approximate surface area is 176 Å². The van der Waals surface area contributed by atoms with E-state index >= 15 is 0 Å². The standard InChI is InChI=1S/C24H28N2O4/c1-25-11-13-26(14-12-25)10-2-3-15-29-20-7-4-18(5-8-20)22-17-30-23-16-19(27)6-9-21(23)24(22)28/h4-9,16-17,27H,2-3,10-15H2,1H3. The Morgan fingerprint density at radius 1 is 1.03 bits per heavy atom.